The monoisotopic (exact) mass is 261 g/mol. The molecular formula is C13H15N3O3. The summed E-state index contributed by atoms with van der Waals surface area (Å²) in [6.45, 7) is 0.561. The second-order valence-electron chi connectivity index (χ2n) is 4.21. The fourth-order valence-corrected chi connectivity index (χ4v) is 1.81. The van der Waals surface area contributed by atoms with Crippen LogP contribution < -0.4 is 5.32 Å². The molecule has 0 aliphatic carbocycles. The van der Waals surface area contributed by atoms with Gasteiger partial charge in [-0.1, -0.05) is 12.1 Å². The fraction of sp³-hybridized carbons (Fsp3) is 0.308. The van der Waals surface area contributed by atoms with Crippen LogP contribution in [0.15, 0.2) is 30.6 Å². The lowest BCUT2D eigenvalue weighted by Crippen LogP contribution is -2.28. The molecule has 1 heterocycles. The largest absolute Gasteiger partial charge is 0.481 e. The van der Waals surface area contributed by atoms with Gasteiger partial charge < -0.3 is 15.0 Å². The maximum atomic E-state index is 11.7. The minimum absolute atomic E-state index is 0.0638. The molecule has 0 atom stereocenters. The molecule has 0 saturated carbocycles. The number of benzene rings is 1. The van der Waals surface area contributed by atoms with Gasteiger partial charge in [0.15, 0.2) is 0 Å². The van der Waals surface area contributed by atoms with Crippen LogP contribution in [0.2, 0.25) is 0 Å². The van der Waals surface area contributed by atoms with Crippen molar-refractivity contribution in [3.63, 3.8) is 0 Å². The number of hydrogen-bond donors (Lipinski definition) is 2. The van der Waals surface area contributed by atoms with E-state index in [-0.39, 0.29) is 18.9 Å². The molecule has 0 aliphatic rings. The molecule has 0 bridgehead atoms. The minimum atomic E-state index is -0.852. The van der Waals surface area contributed by atoms with Crippen LogP contribution in [-0.4, -0.2) is 33.1 Å². The summed E-state index contributed by atoms with van der Waals surface area (Å²) < 4.78 is 1.77. The highest BCUT2D eigenvalue weighted by Crippen LogP contribution is 2.11. The second kappa shape index (κ2) is 5.99. The zero-order chi connectivity index (χ0) is 13.7. The minimum Gasteiger partial charge on any atom is -0.481 e. The molecule has 2 N–H and O–H groups in total. The molecule has 0 spiro atoms. The number of carboxylic acids is 1. The van der Waals surface area contributed by atoms with Crippen LogP contribution in [0.1, 0.15) is 12.8 Å². The van der Waals surface area contributed by atoms with Crippen molar-refractivity contribution in [2.24, 2.45) is 0 Å². The Morgan fingerprint density at radius 3 is 2.89 bits per heavy atom. The molecular weight excluding hydrogens is 246 g/mol. The van der Waals surface area contributed by atoms with E-state index in [0.29, 0.717) is 13.0 Å². The molecule has 0 radical (unpaired) electrons. The Labute approximate surface area is 110 Å². The van der Waals surface area contributed by atoms with Crippen LogP contribution in [-0.2, 0) is 16.1 Å². The number of nitrogens with zero attached hydrogens (tertiary/aromatic N) is 2. The van der Waals surface area contributed by atoms with Gasteiger partial charge in [0.2, 0.25) is 5.91 Å². The second-order valence-corrected chi connectivity index (χ2v) is 4.21. The quantitative estimate of drug-likeness (QED) is 0.760. The number of carboxylic acid groups (broad SMARTS) is 1. The van der Waals surface area contributed by atoms with Crippen molar-refractivity contribution in [2.45, 2.75) is 19.4 Å². The molecule has 6 heteroatoms. The predicted molar refractivity (Wildman–Crippen MR) is 69.6 cm³/mol. The molecule has 100 valence electrons. The molecule has 1 amide bonds. The summed E-state index contributed by atoms with van der Waals surface area (Å²) in [4.78, 5) is 26.2. The van der Waals surface area contributed by atoms with Crippen LogP contribution in [0.5, 0.6) is 0 Å². The number of amides is 1. The Kier molecular flexibility index (Phi) is 4.12. The zero-order valence-corrected chi connectivity index (χ0v) is 10.4. The highest BCUT2D eigenvalue weighted by atomic mass is 16.4. The Hall–Kier alpha value is -2.37. The van der Waals surface area contributed by atoms with Gasteiger partial charge in [-0.2, -0.15) is 0 Å². The fourth-order valence-electron chi connectivity index (χ4n) is 1.81. The van der Waals surface area contributed by atoms with E-state index in [1.54, 1.807) is 10.9 Å². The number of aromatic nitrogens is 2. The number of carbonyl (C=O) groups is 2. The summed E-state index contributed by atoms with van der Waals surface area (Å²) in [6, 6.07) is 7.58. The molecule has 2 aromatic rings. The van der Waals surface area contributed by atoms with E-state index < -0.39 is 5.97 Å². The summed E-state index contributed by atoms with van der Waals surface area (Å²) in [6.07, 6.45) is 2.13. The van der Waals surface area contributed by atoms with Gasteiger partial charge in [-0.05, 0) is 18.6 Å². The first kappa shape index (κ1) is 13.1. The Balaban J connectivity index is 1.87. The average molecular weight is 261 g/mol. The van der Waals surface area contributed by atoms with E-state index >= 15 is 0 Å². The lowest BCUT2D eigenvalue weighted by atomic mass is 10.3. The van der Waals surface area contributed by atoms with E-state index in [1.165, 1.54) is 0 Å². The number of rotatable bonds is 6. The van der Waals surface area contributed by atoms with Gasteiger partial charge in [0.25, 0.3) is 0 Å². The van der Waals surface area contributed by atoms with Gasteiger partial charge >= 0.3 is 5.97 Å². The van der Waals surface area contributed by atoms with E-state index in [4.69, 9.17) is 5.11 Å². The number of aliphatic carboxylic acids is 1. The third kappa shape index (κ3) is 3.54. The highest BCUT2D eigenvalue weighted by Gasteiger charge is 2.06. The van der Waals surface area contributed by atoms with Crippen molar-refractivity contribution in [1.29, 1.82) is 0 Å². The highest BCUT2D eigenvalue weighted by molar-refractivity contribution is 5.80. The van der Waals surface area contributed by atoms with E-state index in [1.807, 2.05) is 24.3 Å². The molecule has 1 aromatic heterocycles. The summed E-state index contributed by atoms with van der Waals surface area (Å²) in [5.41, 5.74) is 1.75. The number of nitrogens with one attached hydrogen (secondary N) is 1. The van der Waals surface area contributed by atoms with Crippen LogP contribution in [0.3, 0.4) is 0 Å². The first-order valence-corrected chi connectivity index (χ1v) is 6.05. The molecule has 19 heavy (non-hydrogen) atoms. The van der Waals surface area contributed by atoms with E-state index in [0.717, 1.165) is 11.0 Å². The first-order chi connectivity index (χ1) is 9.16. The SMILES string of the molecule is O=C(O)CCCNC(=O)Cn1cnc2ccccc21. The number of para-hydroxylation sites is 2. The Bertz CT molecular complexity index is 592. The molecule has 0 saturated heterocycles. The maximum Gasteiger partial charge on any atom is 0.303 e. The number of imidazole rings is 1. The zero-order valence-electron chi connectivity index (χ0n) is 10.4. The molecule has 2 rings (SSSR count). The Morgan fingerprint density at radius 2 is 2.11 bits per heavy atom. The lowest BCUT2D eigenvalue weighted by molar-refractivity contribution is -0.137. The van der Waals surface area contributed by atoms with Crippen molar-refractivity contribution in [2.75, 3.05) is 6.54 Å². The molecule has 0 fully saturated rings. The van der Waals surface area contributed by atoms with Crippen LogP contribution in [0.4, 0.5) is 0 Å². The molecule has 0 unspecified atom stereocenters. The summed E-state index contributed by atoms with van der Waals surface area (Å²) in [7, 11) is 0. The average Bonchev–Trinajstić information content (AvgIpc) is 2.78. The van der Waals surface area contributed by atoms with Crippen molar-refractivity contribution >= 4 is 22.9 Å². The third-order valence-electron chi connectivity index (χ3n) is 2.73. The predicted octanol–water partition coefficient (Wildman–Crippen LogP) is 1.02. The Morgan fingerprint density at radius 1 is 1.32 bits per heavy atom. The van der Waals surface area contributed by atoms with Gasteiger partial charge in [0, 0.05) is 13.0 Å². The van der Waals surface area contributed by atoms with Gasteiger partial charge in [-0.25, -0.2) is 4.98 Å². The van der Waals surface area contributed by atoms with Gasteiger partial charge in [0.1, 0.15) is 6.54 Å². The molecule has 0 aliphatic heterocycles. The number of hydrogen-bond acceptors (Lipinski definition) is 3. The van der Waals surface area contributed by atoms with Gasteiger partial charge in [-0.3, -0.25) is 9.59 Å². The van der Waals surface area contributed by atoms with Gasteiger partial charge in [-0.15, -0.1) is 0 Å². The van der Waals surface area contributed by atoms with E-state index in [2.05, 4.69) is 10.3 Å². The molecule has 1 aromatic carbocycles. The maximum absolute atomic E-state index is 11.7. The molecule has 6 nitrogen and oxygen atoms in total. The topological polar surface area (TPSA) is 84.2 Å². The summed E-state index contributed by atoms with van der Waals surface area (Å²) in [5.74, 6) is -0.997. The standard InChI is InChI=1S/C13H15N3O3/c17-12(14-7-3-6-13(18)19)8-16-9-15-10-4-1-2-5-11(10)16/h1-2,4-5,9H,3,6-8H2,(H,14,17)(H,18,19). The number of carbonyl (C=O) groups excluding carboxylic acids is 1. The number of fused-ring (bicyclic) bond motifs is 1. The van der Waals surface area contributed by atoms with Crippen molar-refractivity contribution < 1.29 is 14.7 Å². The van der Waals surface area contributed by atoms with Crippen molar-refractivity contribution in [1.82, 2.24) is 14.9 Å². The lowest BCUT2D eigenvalue weighted by Gasteiger charge is -2.05. The van der Waals surface area contributed by atoms with Crippen molar-refractivity contribution in [3.05, 3.63) is 30.6 Å². The van der Waals surface area contributed by atoms with Crippen molar-refractivity contribution in [3.8, 4) is 0 Å². The van der Waals surface area contributed by atoms with Crippen LogP contribution >= 0.6 is 0 Å². The van der Waals surface area contributed by atoms with Crippen LogP contribution in [0, 0.1) is 0 Å². The first-order valence-electron chi connectivity index (χ1n) is 6.05. The normalized spacial score (nSPS) is 10.5. The third-order valence-corrected chi connectivity index (χ3v) is 2.73. The smallest absolute Gasteiger partial charge is 0.303 e. The van der Waals surface area contributed by atoms with Crippen LogP contribution in [0.25, 0.3) is 11.0 Å². The summed E-state index contributed by atoms with van der Waals surface area (Å²) in [5, 5.41) is 11.2. The van der Waals surface area contributed by atoms with Gasteiger partial charge in [0.05, 0.1) is 17.4 Å². The summed E-state index contributed by atoms with van der Waals surface area (Å²) >= 11 is 0. The van der Waals surface area contributed by atoms with E-state index in [9.17, 15) is 9.59 Å².